The molecule has 0 fully saturated rings. The van der Waals surface area contributed by atoms with E-state index in [1.807, 2.05) is 0 Å². The molecule has 1 atom stereocenters. The van der Waals surface area contributed by atoms with E-state index in [9.17, 15) is 9.90 Å². The molecule has 0 aliphatic heterocycles. The van der Waals surface area contributed by atoms with Gasteiger partial charge in [0, 0.05) is 5.56 Å². The fourth-order valence-electron chi connectivity index (χ4n) is 1.46. The zero-order chi connectivity index (χ0) is 13.0. The number of aliphatic hydroxyl groups is 1. The van der Waals surface area contributed by atoms with Crippen molar-refractivity contribution in [1.29, 1.82) is 0 Å². The van der Waals surface area contributed by atoms with Crippen LogP contribution in [0.25, 0.3) is 0 Å². The molecule has 4 nitrogen and oxygen atoms in total. The van der Waals surface area contributed by atoms with Crippen molar-refractivity contribution in [3.05, 3.63) is 23.8 Å². The quantitative estimate of drug-likeness (QED) is 0.796. The molecule has 1 aromatic rings. The van der Waals surface area contributed by atoms with Gasteiger partial charge in [-0.2, -0.15) is 0 Å². The average Bonchev–Trinajstić information content (AvgIpc) is 2.35. The van der Waals surface area contributed by atoms with Gasteiger partial charge >= 0.3 is 0 Å². The Morgan fingerprint density at radius 1 is 1.18 bits per heavy atom. The lowest BCUT2D eigenvalue weighted by Crippen LogP contribution is -2.26. The van der Waals surface area contributed by atoms with Gasteiger partial charge in [0.1, 0.15) is 6.10 Å². The molecule has 0 aliphatic rings. The molecule has 0 radical (unpaired) electrons. The second-order valence-electron chi connectivity index (χ2n) is 4.12. The third-order valence-electron chi connectivity index (χ3n) is 2.57. The lowest BCUT2D eigenvalue weighted by molar-refractivity contribution is 0.0647. The number of rotatable bonds is 5. The van der Waals surface area contributed by atoms with E-state index in [2.05, 4.69) is 0 Å². The van der Waals surface area contributed by atoms with Crippen molar-refractivity contribution >= 4 is 5.78 Å². The Morgan fingerprint density at radius 2 is 1.76 bits per heavy atom. The predicted molar refractivity (Wildman–Crippen MR) is 64.7 cm³/mol. The average molecular weight is 238 g/mol. The maximum absolute atomic E-state index is 11.9. The van der Waals surface area contributed by atoms with Crippen LogP contribution in [0.3, 0.4) is 0 Å². The van der Waals surface area contributed by atoms with Crippen LogP contribution in [0.2, 0.25) is 0 Å². The van der Waals surface area contributed by atoms with Crippen molar-refractivity contribution in [2.45, 2.75) is 20.0 Å². The Bertz CT molecular complexity index is 398. The molecule has 17 heavy (non-hydrogen) atoms. The summed E-state index contributed by atoms with van der Waals surface area (Å²) < 4.78 is 10.2. The van der Waals surface area contributed by atoms with Crippen LogP contribution in [0, 0.1) is 5.92 Å². The number of Topliss-reactive ketones (excluding diaryl/α,β-unsaturated/α-hetero) is 1. The lowest BCUT2D eigenvalue weighted by Gasteiger charge is -2.14. The number of hydrogen-bond acceptors (Lipinski definition) is 4. The number of benzene rings is 1. The number of aliphatic hydroxyl groups excluding tert-OH is 1. The monoisotopic (exact) mass is 238 g/mol. The van der Waals surface area contributed by atoms with Gasteiger partial charge in [0.05, 0.1) is 14.2 Å². The molecule has 0 saturated heterocycles. The molecule has 0 aromatic heterocycles. The predicted octanol–water partition coefficient (Wildman–Crippen LogP) is 1.90. The van der Waals surface area contributed by atoms with Crippen LogP contribution in [0.5, 0.6) is 11.5 Å². The number of carbonyl (C=O) groups excluding carboxylic acids is 1. The normalized spacial score (nSPS) is 12.4. The van der Waals surface area contributed by atoms with Gasteiger partial charge in [-0.1, -0.05) is 13.8 Å². The van der Waals surface area contributed by atoms with Gasteiger partial charge in [0.2, 0.25) is 0 Å². The van der Waals surface area contributed by atoms with Crippen molar-refractivity contribution in [2.24, 2.45) is 5.92 Å². The zero-order valence-corrected chi connectivity index (χ0v) is 10.6. The Labute approximate surface area is 101 Å². The summed E-state index contributed by atoms with van der Waals surface area (Å²) in [6, 6.07) is 4.85. The Morgan fingerprint density at radius 3 is 2.24 bits per heavy atom. The molecule has 94 valence electrons. The highest BCUT2D eigenvalue weighted by atomic mass is 16.5. The Balaban J connectivity index is 3.03. The number of carbonyl (C=O) groups is 1. The fraction of sp³-hybridized carbons (Fsp3) is 0.462. The van der Waals surface area contributed by atoms with E-state index in [0.29, 0.717) is 17.1 Å². The summed E-state index contributed by atoms with van der Waals surface area (Å²) in [5.74, 6) is 0.619. The van der Waals surface area contributed by atoms with Crippen LogP contribution in [0.1, 0.15) is 24.2 Å². The molecule has 1 unspecified atom stereocenters. The molecule has 0 heterocycles. The van der Waals surface area contributed by atoms with E-state index < -0.39 is 6.10 Å². The summed E-state index contributed by atoms with van der Waals surface area (Å²) in [5.41, 5.74) is 0.420. The van der Waals surface area contributed by atoms with Gasteiger partial charge < -0.3 is 14.6 Å². The maximum atomic E-state index is 11.9. The third kappa shape index (κ3) is 2.97. The summed E-state index contributed by atoms with van der Waals surface area (Å²) >= 11 is 0. The topological polar surface area (TPSA) is 55.8 Å². The molecule has 1 N–H and O–H groups in total. The summed E-state index contributed by atoms with van der Waals surface area (Å²) in [6.07, 6.45) is -0.992. The van der Waals surface area contributed by atoms with E-state index in [1.165, 1.54) is 14.2 Å². The largest absolute Gasteiger partial charge is 0.493 e. The molecule has 1 aromatic carbocycles. The molecule has 0 aliphatic carbocycles. The Kier molecular flexibility index (Phi) is 4.52. The molecule has 0 amide bonds. The molecule has 0 spiro atoms. The number of ether oxygens (including phenoxy) is 2. The standard InChI is InChI=1S/C13H18O4/c1-8(2)12(14)13(15)9-5-6-10(16-3)11(7-9)17-4/h5-8,12,14H,1-4H3. The number of methoxy groups -OCH3 is 2. The van der Waals surface area contributed by atoms with Crippen LogP contribution in [-0.4, -0.2) is 31.2 Å². The first-order valence-electron chi connectivity index (χ1n) is 5.45. The van der Waals surface area contributed by atoms with Gasteiger partial charge in [0.25, 0.3) is 0 Å². The molecule has 4 heteroatoms. The van der Waals surface area contributed by atoms with Crippen molar-refractivity contribution in [3.8, 4) is 11.5 Å². The fourth-order valence-corrected chi connectivity index (χ4v) is 1.46. The summed E-state index contributed by atoms with van der Waals surface area (Å²) in [5, 5.41) is 9.72. The molecular weight excluding hydrogens is 220 g/mol. The summed E-state index contributed by atoms with van der Waals surface area (Å²) in [7, 11) is 3.04. The first kappa shape index (κ1) is 13.5. The third-order valence-corrected chi connectivity index (χ3v) is 2.57. The Hall–Kier alpha value is -1.55. The minimum atomic E-state index is -0.992. The highest BCUT2D eigenvalue weighted by molar-refractivity contribution is 6.00. The summed E-state index contributed by atoms with van der Waals surface area (Å²) in [4.78, 5) is 11.9. The SMILES string of the molecule is COc1ccc(C(=O)C(O)C(C)C)cc1OC. The van der Waals surface area contributed by atoms with Gasteiger partial charge in [-0.25, -0.2) is 0 Å². The first-order valence-corrected chi connectivity index (χ1v) is 5.45. The molecule has 0 saturated carbocycles. The van der Waals surface area contributed by atoms with E-state index in [-0.39, 0.29) is 11.7 Å². The van der Waals surface area contributed by atoms with E-state index in [1.54, 1.807) is 32.0 Å². The lowest BCUT2D eigenvalue weighted by atomic mass is 9.97. The minimum Gasteiger partial charge on any atom is -0.493 e. The molecule has 1 rings (SSSR count). The van der Waals surface area contributed by atoms with Gasteiger partial charge in [-0.05, 0) is 24.1 Å². The van der Waals surface area contributed by atoms with Gasteiger partial charge in [0.15, 0.2) is 17.3 Å². The highest BCUT2D eigenvalue weighted by Gasteiger charge is 2.21. The smallest absolute Gasteiger partial charge is 0.191 e. The first-order chi connectivity index (χ1) is 8.01. The maximum Gasteiger partial charge on any atom is 0.191 e. The highest BCUT2D eigenvalue weighted by Crippen LogP contribution is 2.28. The van der Waals surface area contributed by atoms with Crippen LogP contribution in [0.15, 0.2) is 18.2 Å². The second kappa shape index (κ2) is 5.68. The van der Waals surface area contributed by atoms with E-state index >= 15 is 0 Å². The van der Waals surface area contributed by atoms with Crippen molar-refractivity contribution in [2.75, 3.05) is 14.2 Å². The van der Waals surface area contributed by atoms with Crippen molar-refractivity contribution < 1.29 is 19.4 Å². The number of hydrogen-bond donors (Lipinski definition) is 1. The number of ketones is 1. The van der Waals surface area contributed by atoms with Crippen LogP contribution >= 0.6 is 0 Å². The van der Waals surface area contributed by atoms with Gasteiger partial charge in [-0.3, -0.25) is 4.79 Å². The van der Waals surface area contributed by atoms with Crippen molar-refractivity contribution in [3.63, 3.8) is 0 Å². The second-order valence-corrected chi connectivity index (χ2v) is 4.12. The van der Waals surface area contributed by atoms with Crippen LogP contribution < -0.4 is 9.47 Å². The van der Waals surface area contributed by atoms with Crippen LogP contribution in [0.4, 0.5) is 0 Å². The zero-order valence-electron chi connectivity index (χ0n) is 10.6. The van der Waals surface area contributed by atoms with E-state index in [0.717, 1.165) is 0 Å². The minimum absolute atomic E-state index is 0.115. The van der Waals surface area contributed by atoms with Crippen molar-refractivity contribution in [1.82, 2.24) is 0 Å². The van der Waals surface area contributed by atoms with Crippen LogP contribution in [-0.2, 0) is 0 Å². The van der Waals surface area contributed by atoms with E-state index in [4.69, 9.17) is 9.47 Å². The molecule has 0 bridgehead atoms. The molecular formula is C13H18O4. The summed E-state index contributed by atoms with van der Waals surface area (Å²) in [6.45, 7) is 3.59. The van der Waals surface area contributed by atoms with Gasteiger partial charge in [-0.15, -0.1) is 0 Å².